The van der Waals surface area contributed by atoms with E-state index in [0.717, 1.165) is 18.4 Å². The van der Waals surface area contributed by atoms with Gasteiger partial charge in [0.25, 0.3) is 0 Å². The van der Waals surface area contributed by atoms with Crippen LogP contribution in [0.25, 0.3) is 0 Å². The molecule has 0 spiro atoms. The summed E-state index contributed by atoms with van der Waals surface area (Å²) in [5.74, 6) is 0.443. The summed E-state index contributed by atoms with van der Waals surface area (Å²) in [6, 6.07) is 6.53. The second-order valence-corrected chi connectivity index (χ2v) is 4.95. The summed E-state index contributed by atoms with van der Waals surface area (Å²) in [5.41, 5.74) is 0.923. The van der Waals surface area contributed by atoms with Gasteiger partial charge in [0.15, 0.2) is 0 Å². The Morgan fingerprint density at radius 2 is 2.31 bits per heavy atom. The van der Waals surface area contributed by atoms with Crippen LogP contribution in [0.15, 0.2) is 24.3 Å². The van der Waals surface area contributed by atoms with Crippen LogP contribution in [0.2, 0.25) is 0 Å². The third-order valence-corrected chi connectivity index (χ3v) is 3.27. The van der Waals surface area contributed by atoms with Crippen molar-refractivity contribution in [2.75, 3.05) is 6.61 Å². The first-order valence-corrected chi connectivity index (χ1v) is 6.65. The number of rotatable bonds is 5. The van der Waals surface area contributed by atoms with E-state index in [4.69, 9.17) is 17.0 Å². The van der Waals surface area contributed by atoms with Gasteiger partial charge in [-0.25, -0.2) is 4.39 Å². The largest absolute Gasteiger partial charge is 0.479 e. The summed E-state index contributed by atoms with van der Waals surface area (Å²) >= 11 is 6.48. The minimum absolute atomic E-state index is 0.212. The van der Waals surface area contributed by atoms with Crippen LogP contribution in [0.4, 0.5) is 4.39 Å². The molecule has 1 rings (SSSR count). The Hall–Kier alpha value is -0.610. The highest BCUT2D eigenvalue weighted by Gasteiger charge is 2.01. The van der Waals surface area contributed by atoms with Gasteiger partial charge in [-0.3, -0.25) is 0 Å². The maximum Gasteiger partial charge on any atom is 0.220 e. The maximum absolute atomic E-state index is 12.9. The summed E-state index contributed by atoms with van der Waals surface area (Å²) < 4.78 is 18.7. The van der Waals surface area contributed by atoms with Crippen molar-refractivity contribution in [3.05, 3.63) is 35.6 Å². The Labute approximate surface area is 105 Å². The van der Waals surface area contributed by atoms with Gasteiger partial charge in [0.2, 0.25) is 4.38 Å². The van der Waals surface area contributed by atoms with E-state index in [9.17, 15) is 4.39 Å². The minimum atomic E-state index is -0.212. The number of halogens is 1. The molecule has 1 nitrogen and oxygen atoms in total. The molecule has 0 aliphatic rings. The van der Waals surface area contributed by atoms with Crippen molar-refractivity contribution in [3.63, 3.8) is 0 Å². The summed E-state index contributed by atoms with van der Waals surface area (Å²) in [7, 11) is 0. The van der Waals surface area contributed by atoms with E-state index >= 15 is 0 Å². The smallest absolute Gasteiger partial charge is 0.220 e. The van der Waals surface area contributed by atoms with E-state index in [1.807, 2.05) is 6.07 Å². The fourth-order valence-corrected chi connectivity index (χ4v) is 2.00. The van der Waals surface area contributed by atoms with Crippen molar-refractivity contribution in [3.8, 4) is 0 Å². The summed E-state index contributed by atoms with van der Waals surface area (Å²) in [5, 5.41) is 0. The summed E-state index contributed by atoms with van der Waals surface area (Å²) in [6.45, 7) is 2.78. The third-order valence-electron chi connectivity index (χ3n) is 1.96. The number of benzene rings is 1. The third kappa shape index (κ3) is 5.47. The molecule has 0 heterocycles. The molecule has 0 aliphatic heterocycles. The van der Waals surface area contributed by atoms with Crippen molar-refractivity contribution in [1.29, 1.82) is 0 Å². The normalized spacial score (nSPS) is 10.1. The van der Waals surface area contributed by atoms with Crippen molar-refractivity contribution >= 4 is 28.4 Å². The number of ether oxygens (including phenoxy) is 1. The average molecular weight is 258 g/mol. The predicted octanol–water partition coefficient (Wildman–Crippen LogP) is 4.16. The second kappa shape index (κ2) is 7.63. The lowest BCUT2D eigenvalue weighted by Crippen LogP contribution is -1.99. The van der Waals surface area contributed by atoms with Crippen LogP contribution < -0.4 is 0 Å². The van der Waals surface area contributed by atoms with Gasteiger partial charge < -0.3 is 4.74 Å². The number of thiocarbonyl (C=S) groups is 1. The van der Waals surface area contributed by atoms with Crippen LogP contribution in [-0.2, 0) is 10.5 Å². The van der Waals surface area contributed by atoms with E-state index in [1.165, 1.54) is 23.9 Å². The molecule has 0 aromatic heterocycles. The zero-order valence-corrected chi connectivity index (χ0v) is 10.9. The van der Waals surface area contributed by atoms with Crippen molar-refractivity contribution in [2.24, 2.45) is 0 Å². The van der Waals surface area contributed by atoms with Crippen LogP contribution in [0.3, 0.4) is 0 Å². The molecular formula is C12H15FOS2. The molecule has 88 valence electrons. The summed E-state index contributed by atoms with van der Waals surface area (Å²) in [6.07, 6.45) is 2.11. The van der Waals surface area contributed by atoms with Crippen molar-refractivity contribution in [1.82, 2.24) is 0 Å². The first-order valence-electron chi connectivity index (χ1n) is 5.26. The van der Waals surface area contributed by atoms with Gasteiger partial charge in [-0.2, -0.15) is 0 Å². The highest BCUT2D eigenvalue weighted by atomic mass is 32.2. The van der Waals surface area contributed by atoms with E-state index in [0.29, 0.717) is 16.7 Å². The fourth-order valence-electron chi connectivity index (χ4n) is 1.11. The molecule has 0 unspecified atom stereocenters. The molecule has 16 heavy (non-hydrogen) atoms. The van der Waals surface area contributed by atoms with Crippen LogP contribution >= 0.6 is 24.0 Å². The highest BCUT2D eigenvalue weighted by molar-refractivity contribution is 8.22. The van der Waals surface area contributed by atoms with E-state index in [-0.39, 0.29) is 5.82 Å². The topological polar surface area (TPSA) is 9.23 Å². The second-order valence-electron chi connectivity index (χ2n) is 3.37. The Kier molecular flexibility index (Phi) is 6.42. The Bertz CT molecular complexity index is 342. The van der Waals surface area contributed by atoms with Gasteiger partial charge in [0.1, 0.15) is 5.82 Å². The molecular weight excluding hydrogens is 243 g/mol. The lowest BCUT2D eigenvalue weighted by molar-refractivity contribution is 0.313. The lowest BCUT2D eigenvalue weighted by Gasteiger charge is -2.06. The van der Waals surface area contributed by atoms with Gasteiger partial charge in [-0.05, 0) is 36.3 Å². The van der Waals surface area contributed by atoms with Gasteiger partial charge in [-0.15, -0.1) is 0 Å². The van der Waals surface area contributed by atoms with Crippen LogP contribution in [0.5, 0.6) is 0 Å². The number of thioether (sulfide) groups is 1. The van der Waals surface area contributed by atoms with Crippen molar-refractivity contribution in [2.45, 2.75) is 25.5 Å². The SMILES string of the molecule is CCCCOC(=S)SCc1cccc(F)c1. The zero-order valence-electron chi connectivity index (χ0n) is 9.24. The maximum atomic E-state index is 12.9. The van der Waals surface area contributed by atoms with Gasteiger partial charge in [0, 0.05) is 5.75 Å². The monoisotopic (exact) mass is 258 g/mol. The van der Waals surface area contributed by atoms with E-state index in [2.05, 4.69) is 6.92 Å². The molecule has 0 fully saturated rings. The standard InChI is InChI=1S/C12H15FOS2/c1-2-3-7-14-12(15)16-9-10-5-4-6-11(13)8-10/h4-6,8H,2-3,7,9H2,1H3. The molecule has 0 amide bonds. The Morgan fingerprint density at radius 1 is 1.50 bits per heavy atom. The Morgan fingerprint density at radius 3 is 3.00 bits per heavy atom. The van der Waals surface area contributed by atoms with Crippen LogP contribution in [0, 0.1) is 5.82 Å². The molecule has 0 radical (unpaired) electrons. The molecule has 0 saturated carbocycles. The Balaban J connectivity index is 2.26. The molecule has 0 atom stereocenters. The zero-order chi connectivity index (χ0) is 11.8. The van der Waals surface area contributed by atoms with Crippen LogP contribution in [0.1, 0.15) is 25.3 Å². The predicted molar refractivity (Wildman–Crippen MR) is 71.2 cm³/mol. The lowest BCUT2D eigenvalue weighted by atomic mass is 10.2. The first-order chi connectivity index (χ1) is 7.72. The number of hydrogen-bond donors (Lipinski definition) is 0. The molecule has 0 N–H and O–H groups in total. The number of unbranched alkanes of at least 4 members (excludes halogenated alkanes) is 1. The quantitative estimate of drug-likeness (QED) is 0.580. The molecule has 4 heteroatoms. The van der Waals surface area contributed by atoms with E-state index < -0.39 is 0 Å². The van der Waals surface area contributed by atoms with Gasteiger partial charge in [-0.1, -0.05) is 37.2 Å². The fraction of sp³-hybridized carbons (Fsp3) is 0.417. The first kappa shape index (κ1) is 13.5. The molecule has 1 aromatic rings. The molecule has 0 bridgehead atoms. The minimum Gasteiger partial charge on any atom is -0.479 e. The van der Waals surface area contributed by atoms with E-state index in [1.54, 1.807) is 6.07 Å². The highest BCUT2D eigenvalue weighted by Crippen LogP contribution is 2.15. The average Bonchev–Trinajstić information content (AvgIpc) is 2.27. The summed E-state index contributed by atoms with van der Waals surface area (Å²) in [4.78, 5) is 0. The molecule has 0 saturated heterocycles. The molecule has 1 aromatic carbocycles. The van der Waals surface area contributed by atoms with Gasteiger partial charge in [0.05, 0.1) is 6.61 Å². The van der Waals surface area contributed by atoms with Crippen LogP contribution in [-0.4, -0.2) is 11.0 Å². The number of hydrogen-bond acceptors (Lipinski definition) is 3. The van der Waals surface area contributed by atoms with Gasteiger partial charge >= 0.3 is 0 Å². The molecule has 0 aliphatic carbocycles. The van der Waals surface area contributed by atoms with Crippen molar-refractivity contribution < 1.29 is 9.13 Å².